The lowest BCUT2D eigenvalue weighted by atomic mass is 9.43. The zero-order chi connectivity index (χ0) is 21.1. The number of carboxylic acid groups (broad SMARTS) is 1. The average molecular weight is 409 g/mol. The van der Waals surface area contributed by atoms with Crippen LogP contribution in [-0.2, 0) is 4.79 Å². The molecule has 29 heavy (non-hydrogen) atoms. The molecule has 0 amide bonds. The smallest absolute Gasteiger partial charge is 0.303 e. The summed E-state index contributed by atoms with van der Waals surface area (Å²) in [5.74, 6) is 1.06. The van der Waals surface area contributed by atoms with E-state index in [2.05, 4.69) is 20.8 Å². The molecule has 0 aromatic heterocycles. The summed E-state index contributed by atoms with van der Waals surface area (Å²) in [7, 11) is 0. The van der Waals surface area contributed by atoms with Gasteiger partial charge in [-0.05, 0) is 97.7 Å². The Balaban J connectivity index is 1.59. The van der Waals surface area contributed by atoms with Crippen molar-refractivity contribution >= 4 is 5.97 Å². The number of aliphatic hydroxyl groups is 3. The maximum Gasteiger partial charge on any atom is 0.303 e. The summed E-state index contributed by atoms with van der Waals surface area (Å²) in [5.41, 5.74) is 0.119. The Morgan fingerprint density at radius 2 is 1.59 bits per heavy atom. The van der Waals surface area contributed by atoms with Gasteiger partial charge in [0.2, 0.25) is 0 Å². The molecule has 4 aliphatic rings. The Morgan fingerprint density at radius 1 is 0.931 bits per heavy atom. The second-order valence-electron chi connectivity index (χ2n) is 11.5. The Kier molecular flexibility index (Phi) is 5.57. The van der Waals surface area contributed by atoms with E-state index in [1.54, 1.807) is 0 Å². The lowest BCUT2D eigenvalue weighted by Crippen LogP contribution is -2.64. The number of fused-ring (bicyclic) bond motifs is 5. The summed E-state index contributed by atoms with van der Waals surface area (Å²) in [4.78, 5) is 11.1. The molecular weight excluding hydrogens is 368 g/mol. The van der Waals surface area contributed by atoms with E-state index in [1.165, 1.54) is 0 Å². The molecule has 4 saturated carbocycles. The summed E-state index contributed by atoms with van der Waals surface area (Å²) in [6, 6.07) is 0. The quantitative estimate of drug-likeness (QED) is 0.571. The van der Waals surface area contributed by atoms with Gasteiger partial charge in [-0.15, -0.1) is 0 Å². The molecule has 4 aliphatic carbocycles. The summed E-state index contributed by atoms with van der Waals surface area (Å²) in [6.45, 7) is 6.89. The molecule has 0 heterocycles. The van der Waals surface area contributed by atoms with Crippen LogP contribution in [0, 0.1) is 46.3 Å². The third kappa shape index (κ3) is 3.27. The minimum atomic E-state index is -0.748. The number of carboxylic acids is 1. The van der Waals surface area contributed by atoms with Crippen LogP contribution >= 0.6 is 0 Å². The fraction of sp³-hybridized carbons (Fsp3) is 0.958. The fourth-order valence-corrected chi connectivity index (χ4v) is 8.77. The molecule has 0 aliphatic heterocycles. The molecule has 2 unspecified atom stereocenters. The van der Waals surface area contributed by atoms with Crippen molar-refractivity contribution < 1.29 is 25.2 Å². The van der Waals surface area contributed by atoms with Crippen LogP contribution in [0.1, 0.15) is 78.6 Å². The first-order valence-electron chi connectivity index (χ1n) is 11.9. The largest absolute Gasteiger partial charge is 0.481 e. The number of carbonyl (C=O) groups is 1. The fourth-order valence-electron chi connectivity index (χ4n) is 8.77. The van der Waals surface area contributed by atoms with Gasteiger partial charge >= 0.3 is 5.97 Å². The summed E-state index contributed by atoms with van der Waals surface area (Å²) in [6.07, 6.45) is 5.87. The first-order chi connectivity index (χ1) is 13.6. The van der Waals surface area contributed by atoms with Gasteiger partial charge in [0.15, 0.2) is 0 Å². The molecule has 0 aromatic carbocycles. The van der Waals surface area contributed by atoms with Gasteiger partial charge in [-0.25, -0.2) is 0 Å². The third-order valence-electron chi connectivity index (χ3n) is 10.3. The van der Waals surface area contributed by atoms with E-state index in [1.807, 2.05) is 0 Å². The van der Waals surface area contributed by atoms with Crippen LogP contribution in [0.4, 0.5) is 0 Å². The number of hydrogen-bond acceptors (Lipinski definition) is 4. The van der Waals surface area contributed by atoms with Crippen molar-refractivity contribution in [3.05, 3.63) is 0 Å². The van der Waals surface area contributed by atoms with Crippen molar-refractivity contribution in [2.24, 2.45) is 46.3 Å². The minimum Gasteiger partial charge on any atom is -0.481 e. The molecule has 5 heteroatoms. The lowest BCUT2D eigenvalue weighted by molar-refractivity contribution is -0.223. The summed E-state index contributed by atoms with van der Waals surface area (Å²) < 4.78 is 0. The Bertz CT molecular complexity index is 637. The van der Waals surface area contributed by atoms with Crippen LogP contribution in [0.15, 0.2) is 0 Å². The number of hydrogen-bond donors (Lipinski definition) is 4. The van der Waals surface area contributed by atoms with E-state index in [0.29, 0.717) is 30.1 Å². The predicted molar refractivity (Wildman–Crippen MR) is 110 cm³/mol. The summed E-state index contributed by atoms with van der Waals surface area (Å²) in [5, 5.41) is 41.7. The Hall–Kier alpha value is -0.650. The van der Waals surface area contributed by atoms with E-state index in [4.69, 9.17) is 5.11 Å². The van der Waals surface area contributed by atoms with Gasteiger partial charge in [-0.1, -0.05) is 20.8 Å². The minimum absolute atomic E-state index is 0.00309. The molecule has 11 atom stereocenters. The number of aliphatic carboxylic acids is 1. The zero-order valence-corrected chi connectivity index (χ0v) is 18.3. The molecule has 4 rings (SSSR count). The molecule has 0 spiro atoms. The van der Waals surface area contributed by atoms with Crippen LogP contribution in [0.25, 0.3) is 0 Å². The van der Waals surface area contributed by atoms with E-state index < -0.39 is 18.2 Å². The highest BCUT2D eigenvalue weighted by molar-refractivity contribution is 5.66. The van der Waals surface area contributed by atoms with Crippen LogP contribution in [-0.4, -0.2) is 44.7 Å². The first-order valence-corrected chi connectivity index (χ1v) is 11.9. The highest BCUT2D eigenvalue weighted by atomic mass is 16.4. The third-order valence-corrected chi connectivity index (χ3v) is 10.3. The van der Waals surface area contributed by atoms with Crippen molar-refractivity contribution in [2.75, 3.05) is 0 Å². The van der Waals surface area contributed by atoms with E-state index >= 15 is 0 Å². The first kappa shape index (κ1) is 21.6. The maximum atomic E-state index is 11.3. The molecule has 5 nitrogen and oxygen atoms in total. The maximum absolute atomic E-state index is 11.3. The van der Waals surface area contributed by atoms with Crippen molar-refractivity contribution in [3.8, 4) is 0 Å². The average Bonchev–Trinajstić information content (AvgIpc) is 3.02. The van der Waals surface area contributed by atoms with Gasteiger partial charge in [0, 0.05) is 6.42 Å². The predicted octanol–water partition coefficient (Wildman–Crippen LogP) is 3.45. The molecule has 0 saturated heterocycles. The highest BCUT2D eigenvalue weighted by Gasteiger charge is 2.65. The highest BCUT2D eigenvalue weighted by Crippen LogP contribution is 2.68. The van der Waals surface area contributed by atoms with Crippen LogP contribution in [0.2, 0.25) is 0 Å². The van der Waals surface area contributed by atoms with Crippen molar-refractivity contribution in [2.45, 2.75) is 96.9 Å². The van der Waals surface area contributed by atoms with Gasteiger partial charge in [0.1, 0.15) is 0 Å². The van der Waals surface area contributed by atoms with Crippen molar-refractivity contribution in [3.63, 3.8) is 0 Å². The normalized spacial score (nSPS) is 52.9. The topological polar surface area (TPSA) is 98.0 Å². The van der Waals surface area contributed by atoms with Crippen molar-refractivity contribution in [1.82, 2.24) is 0 Å². The molecular formula is C24H40O5. The van der Waals surface area contributed by atoms with E-state index in [9.17, 15) is 20.1 Å². The van der Waals surface area contributed by atoms with Crippen LogP contribution < -0.4 is 0 Å². The summed E-state index contributed by atoms with van der Waals surface area (Å²) >= 11 is 0. The standard InChI is InChI=1S/C24H40O5/c1-13(4-7-19(26)27)15-5-6-16-20-17(9-11-23(15,16)2)24(3)10-8-14(25)12-18(24)21(28)22(20)29/h13-18,20-22,25,28-29H,4-12H2,1-3H3,(H,26,27)/t13-,14-,15-,16+,17+,18+,20+,21?,22?,23-,24-/m1/s1. The van der Waals surface area contributed by atoms with E-state index in [-0.39, 0.29) is 35.2 Å². The van der Waals surface area contributed by atoms with Crippen LogP contribution in [0.5, 0.6) is 0 Å². The monoisotopic (exact) mass is 408 g/mol. The van der Waals surface area contributed by atoms with E-state index in [0.717, 1.165) is 44.9 Å². The SMILES string of the molecule is C[C@H](CCC(=O)O)[C@H]1CC[C@H]2[C@@H]3C(O)C(O)[C@@H]4C[C@H](O)CC[C@]4(C)[C@H]3CC[C@]12C. The molecule has 4 N–H and O–H groups in total. The van der Waals surface area contributed by atoms with Crippen LogP contribution in [0.3, 0.4) is 0 Å². The molecule has 0 bridgehead atoms. The number of aliphatic hydroxyl groups excluding tert-OH is 3. The van der Waals surface area contributed by atoms with Gasteiger partial charge < -0.3 is 20.4 Å². The second-order valence-corrected chi connectivity index (χ2v) is 11.5. The van der Waals surface area contributed by atoms with Gasteiger partial charge in [0.05, 0.1) is 18.3 Å². The zero-order valence-electron chi connectivity index (χ0n) is 18.3. The lowest BCUT2D eigenvalue weighted by Gasteiger charge is -2.63. The molecule has 0 aromatic rings. The van der Waals surface area contributed by atoms with Gasteiger partial charge in [-0.3, -0.25) is 4.79 Å². The molecule has 166 valence electrons. The number of rotatable bonds is 4. The second kappa shape index (κ2) is 7.49. The van der Waals surface area contributed by atoms with Crippen molar-refractivity contribution in [1.29, 1.82) is 0 Å². The Morgan fingerprint density at radius 3 is 2.28 bits per heavy atom. The Labute approximate surface area is 174 Å². The molecule has 4 fully saturated rings. The van der Waals surface area contributed by atoms with Gasteiger partial charge in [-0.2, -0.15) is 0 Å². The molecule has 0 radical (unpaired) electrons. The van der Waals surface area contributed by atoms with Gasteiger partial charge in [0.25, 0.3) is 0 Å².